The Labute approximate surface area is 210 Å². The third kappa shape index (κ3) is 6.99. The SMILES string of the molecule is Cc1ccc(C(=O)N(CC(=O)N(Cc2ccc(F)cc2)Cc2ccc(C)s2)C[C@H]2CCCO2)cc1. The average Bonchev–Trinajstić information content (AvgIpc) is 3.51. The highest BCUT2D eigenvalue weighted by molar-refractivity contribution is 7.11. The predicted molar refractivity (Wildman–Crippen MR) is 136 cm³/mol. The molecule has 2 amide bonds. The number of rotatable bonds is 9. The second-order valence-electron chi connectivity index (χ2n) is 9.08. The van der Waals surface area contributed by atoms with Crippen LogP contribution < -0.4 is 0 Å². The van der Waals surface area contributed by atoms with Crippen molar-refractivity contribution < 1.29 is 18.7 Å². The number of benzene rings is 2. The second kappa shape index (κ2) is 11.6. The van der Waals surface area contributed by atoms with E-state index in [0.29, 0.717) is 31.8 Å². The molecule has 0 bridgehead atoms. The Balaban J connectivity index is 1.55. The lowest BCUT2D eigenvalue weighted by molar-refractivity contribution is -0.133. The molecule has 7 heteroatoms. The quantitative estimate of drug-likeness (QED) is 0.403. The van der Waals surface area contributed by atoms with E-state index in [0.717, 1.165) is 28.8 Å². The molecule has 1 aromatic heterocycles. The van der Waals surface area contributed by atoms with E-state index >= 15 is 0 Å². The number of aryl methyl sites for hydroxylation is 2. The molecule has 0 aliphatic carbocycles. The van der Waals surface area contributed by atoms with Crippen molar-refractivity contribution in [2.45, 2.75) is 45.9 Å². The zero-order valence-electron chi connectivity index (χ0n) is 20.2. The summed E-state index contributed by atoms with van der Waals surface area (Å²) in [5, 5.41) is 0. The molecule has 1 aliphatic rings. The van der Waals surface area contributed by atoms with E-state index in [1.54, 1.807) is 45.4 Å². The molecule has 0 radical (unpaired) electrons. The first-order valence-electron chi connectivity index (χ1n) is 11.9. The number of halogens is 1. The van der Waals surface area contributed by atoms with Crippen molar-refractivity contribution in [3.8, 4) is 0 Å². The van der Waals surface area contributed by atoms with Crippen LogP contribution in [0.2, 0.25) is 0 Å². The standard InChI is InChI=1S/C28H31FN2O3S/c1-20-5-10-23(11-6-20)28(33)31(17-25-4-3-15-34-25)19-27(32)30(18-26-14-7-21(2)35-26)16-22-8-12-24(29)13-9-22/h5-14,25H,3-4,15-19H2,1-2H3/t25-/m1/s1. The van der Waals surface area contributed by atoms with E-state index in [2.05, 4.69) is 0 Å². The van der Waals surface area contributed by atoms with Crippen LogP contribution in [0.15, 0.2) is 60.7 Å². The molecule has 1 saturated heterocycles. The number of carbonyl (C=O) groups excluding carboxylic acids is 2. The third-order valence-corrected chi connectivity index (χ3v) is 7.13. The third-order valence-electron chi connectivity index (χ3n) is 6.14. The Kier molecular flexibility index (Phi) is 8.31. The van der Waals surface area contributed by atoms with Gasteiger partial charge in [0, 0.05) is 35.0 Å². The lowest BCUT2D eigenvalue weighted by Crippen LogP contribution is -2.45. The minimum absolute atomic E-state index is 0.0435. The van der Waals surface area contributed by atoms with Crippen molar-refractivity contribution in [3.05, 3.63) is 92.9 Å². The normalized spacial score (nSPS) is 15.2. The predicted octanol–water partition coefficient (Wildman–Crippen LogP) is 5.35. The van der Waals surface area contributed by atoms with Crippen LogP contribution in [0.4, 0.5) is 4.39 Å². The van der Waals surface area contributed by atoms with Gasteiger partial charge in [0.1, 0.15) is 12.4 Å². The first kappa shape index (κ1) is 25.1. The highest BCUT2D eigenvalue weighted by Crippen LogP contribution is 2.20. The summed E-state index contributed by atoms with van der Waals surface area (Å²) in [6.45, 7) is 5.79. The van der Waals surface area contributed by atoms with E-state index < -0.39 is 0 Å². The van der Waals surface area contributed by atoms with E-state index in [-0.39, 0.29) is 30.3 Å². The maximum atomic E-state index is 13.6. The Hall–Kier alpha value is -3.03. The smallest absolute Gasteiger partial charge is 0.254 e. The van der Waals surface area contributed by atoms with Gasteiger partial charge in [0.15, 0.2) is 0 Å². The van der Waals surface area contributed by atoms with Gasteiger partial charge in [-0.1, -0.05) is 29.8 Å². The molecule has 1 aliphatic heterocycles. The van der Waals surface area contributed by atoms with Gasteiger partial charge in [-0.25, -0.2) is 4.39 Å². The molecule has 5 nitrogen and oxygen atoms in total. The molecule has 2 aromatic carbocycles. The molecule has 3 aromatic rings. The van der Waals surface area contributed by atoms with Crippen LogP contribution in [0.1, 0.15) is 44.1 Å². The first-order chi connectivity index (χ1) is 16.9. The minimum Gasteiger partial charge on any atom is -0.376 e. The maximum absolute atomic E-state index is 13.6. The summed E-state index contributed by atoms with van der Waals surface area (Å²) in [7, 11) is 0. The number of nitrogens with zero attached hydrogens (tertiary/aromatic N) is 2. The van der Waals surface area contributed by atoms with Gasteiger partial charge in [0.05, 0.1) is 12.6 Å². The lowest BCUT2D eigenvalue weighted by atomic mass is 10.1. The molecule has 35 heavy (non-hydrogen) atoms. The summed E-state index contributed by atoms with van der Waals surface area (Å²) < 4.78 is 19.2. The van der Waals surface area contributed by atoms with Gasteiger partial charge >= 0.3 is 0 Å². The van der Waals surface area contributed by atoms with E-state index in [9.17, 15) is 14.0 Å². The monoisotopic (exact) mass is 494 g/mol. The van der Waals surface area contributed by atoms with Gasteiger partial charge in [-0.15, -0.1) is 11.3 Å². The van der Waals surface area contributed by atoms with Crippen molar-refractivity contribution in [3.63, 3.8) is 0 Å². The average molecular weight is 495 g/mol. The molecule has 4 rings (SSSR count). The topological polar surface area (TPSA) is 49.9 Å². The number of carbonyl (C=O) groups is 2. The van der Waals surface area contributed by atoms with Gasteiger partial charge in [-0.05, 0) is 68.7 Å². The number of thiophene rings is 1. The van der Waals surface area contributed by atoms with Crippen LogP contribution in [0.3, 0.4) is 0 Å². The fourth-order valence-electron chi connectivity index (χ4n) is 4.20. The number of hydrogen-bond donors (Lipinski definition) is 0. The lowest BCUT2D eigenvalue weighted by Gasteiger charge is -2.29. The molecule has 2 heterocycles. The van der Waals surface area contributed by atoms with Crippen LogP contribution in [0.25, 0.3) is 0 Å². The van der Waals surface area contributed by atoms with Crippen molar-refractivity contribution in [2.75, 3.05) is 19.7 Å². The highest BCUT2D eigenvalue weighted by atomic mass is 32.1. The van der Waals surface area contributed by atoms with Crippen molar-refractivity contribution in [1.82, 2.24) is 9.80 Å². The Bertz CT molecular complexity index is 1140. The summed E-state index contributed by atoms with van der Waals surface area (Å²) in [4.78, 5) is 32.6. The molecule has 0 spiro atoms. The largest absolute Gasteiger partial charge is 0.376 e. The van der Waals surface area contributed by atoms with Crippen molar-refractivity contribution in [2.24, 2.45) is 0 Å². The molecule has 1 atom stereocenters. The van der Waals surface area contributed by atoms with Crippen molar-refractivity contribution in [1.29, 1.82) is 0 Å². The van der Waals surface area contributed by atoms with E-state index in [1.165, 1.54) is 17.0 Å². The maximum Gasteiger partial charge on any atom is 0.254 e. The summed E-state index contributed by atoms with van der Waals surface area (Å²) >= 11 is 1.64. The fourth-order valence-corrected chi connectivity index (χ4v) is 5.10. The van der Waals surface area contributed by atoms with Crippen LogP contribution in [0, 0.1) is 19.7 Å². The van der Waals surface area contributed by atoms with Gasteiger partial charge in [0.25, 0.3) is 5.91 Å². The molecule has 1 fully saturated rings. The fraction of sp³-hybridized carbons (Fsp3) is 0.357. The van der Waals surface area contributed by atoms with Crippen LogP contribution in [0.5, 0.6) is 0 Å². The number of amides is 2. The number of hydrogen-bond acceptors (Lipinski definition) is 4. The zero-order valence-corrected chi connectivity index (χ0v) is 21.0. The summed E-state index contributed by atoms with van der Waals surface area (Å²) in [6, 6.07) is 17.6. The Morgan fingerprint density at radius 1 is 0.971 bits per heavy atom. The molecule has 0 N–H and O–H groups in total. The molecule has 0 saturated carbocycles. The van der Waals surface area contributed by atoms with E-state index in [1.807, 2.05) is 38.1 Å². The van der Waals surface area contributed by atoms with E-state index in [4.69, 9.17) is 4.74 Å². The number of ether oxygens (including phenoxy) is 1. The molecular formula is C28H31FN2O3S. The van der Waals surface area contributed by atoms with Gasteiger partial charge in [-0.2, -0.15) is 0 Å². The van der Waals surface area contributed by atoms with Gasteiger partial charge in [-0.3, -0.25) is 9.59 Å². The summed E-state index contributed by atoms with van der Waals surface area (Å²) in [5.41, 5.74) is 2.46. The Morgan fingerprint density at radius 3 is 2.34 bits per heavy atom. The molecule has 0 unspecified atom stereocenters. The van der Waals surface area contributed by atoms with Gasteiger partial charge in [0.2, 0.25) is 5.91 Å². The summed E-state index contributed by atoms with van der Waals surface area (Å²) in [6.07, 6.45) is 1.77. The zero-order chi connectivity index (χ0) is 24.8. The minimum atomic E-state index is -0.313. The Morgan fingerprint density at radius 2 is 1.71 bits per heavy atom. The molecular weight excluding hydrogens is 463 g/mol. The molecule has 184 valence electrons. The van der Waals surface area contributed by atoms with Crippen LogP contribution in [-0.2, 0) is 22.6 Å². The van der Waals surface area contributed by atoms with Gasteiger partial charge < -0.3 is 14.5 Å². The summed E-state index contributed by atoms with van der Waals surface area (Å²) in [5.74, 6) is -0.645. The van der Waals surface area contributed by atoms with Crippen molar-refractivity contribution >= 4 is 23.2 Å². The highest BCUT2D eigenvalue weighted by Gasteiger charge is 2.27. The first-order valence-corrected chi connectivity index (χ1v) is 12.7. The van der Waals surface area contributed by atoms with Crippen LogP contribution >= 0.6 is 11.3 Å². The van der Waals surface area contributed by atoms with Crippen LogP contribution in [-0.4, -0.2) is 47.4 Å². The second-order valence-corrected chi connectivity index (χ2v) is 10.4.